The first-order valence-electron chi connectivity index (χ1n) is 3.30. The van der Waals surface area contributed by atoms with Crippen LogP contribution in [0.1, 0.15) is 26.2 Å². The van der Waals surface area contributed by atoms with E-state index in [0.29, 0.717) is 6.42 Å². The summed E-state index contributed by atoms with van der Waals surface area (Å²) in [5, 5.41) is 9.41. The van der Waals surface area contributed by atoms with E-state index >= 15 is 0 Å². The molecule has 0 aromatic carbocycles. The van der Waals surface area contributed by atoms with E-state index in [1.165, 1.54) is 0 Å². The molecule has 0 aromatic rings. The maximum absolute atomic E-state index is 9.41. The standard InChI is InChI=1S/C7H11NO/c1-6-4-3-5-7(6,9)8-2/h6,9H,3-5H2,1H3/t6-,7+/m0/s1. The number of hydrogen-bond acceptors (Lipinski definition) is 1. The fourth-order valence-electron chi connectivity index (χ4n) is 1.31. The predicted molar refractivity (Wildman–Crippen MR) is 34.6 cm³/mol. The van der Waals surface area contributed by atoms with Crippen LogP contribution in [0.5, 0.6) is 0 Å². The molecule has 1 aliphatic carbocycles. The topological polar surface area (TPSA) is 24.6 Å². The monoisotopic (exact) mass is 125 g/mol. The maximum atomic E-state index is 9.41. The first kappa shape index (κ1) is 6.57. The summed E-state index contributed by atoms with van der Waals surface area (Å²) in [5.74, 6) is 0.176. The van der Waals surface area contributed by atoms with Crippen LogP contribution in [-0.4, -0.2) is 10.8 Å². The average Bonchev–Trinajstić information content (AvgIpc) is 2.15. The summed E-state index contributed by atoms with van der Waals surface area (Å²) >= 11 is 0. The Kier molecular flexibility index (Phi) is 1.46. The maximum Gasteiger partial charge on any atom is 0.337 e. The second-order valence-corrected chi connectivity index (χ2v) is 2.78. The van der Waals surface area contributed by atoms with Crippen molar-refractivity contribution in [2.24, 2.45) is 5.92 Å². The van der Waals surface area contributed by atoms with Crippen molar-refractivity contribution in [2.75, 3.05) is 0 Å². The summed E-state index contributed by atoms with van der Waals surface area (Å²) in [6.07, 6.45) is 2.66. The van der Waals surface area contributed by atoms with Crippen molar-refractivity contribution in [3.05, 3.63) is 11.4 Å². The molecule has 0 bridgehead atoms. The number of hydrogen-bond donors (Lipinski definition) is 1. The minimum atomic E-state index is -1.01. The van der Waals surface area contributed by atoms with Crippen molar-refractivity contribution in [1.82, 2.24) is 0 Å². The molecule has 0 aromatic heterocycles. The van der Waals surface area contributed by atoms with Crippen molar-refractivity contribution < 1.29 is 5.11 Å². The van der Waals surface area contributed by atoms with E-state index < -0.39 is 5.72 Å². The third kappa shape index (κ3) is 0.927. The number of nitrogens with zero attached hydrogens (tertiary/aromatic N) is 1. The van der Waals surface area contributed by atoms with Crippen molar-refractivity contribution >= 4 is 0 Å². The highest BCUT2D eigenvalue weighted by molar-refractivity contribution is 4.96. The molecular weight excluding hydrogens is 114 g/mol. The molecule has 9 heavy (non-hydrogen) atoms. The van der Waals surface area contributed by atoms with Crippen LogP contribution in [-0.2, 0) is 0 Å². The minimum absolute atomic E-state index is 0.176. The van der Waals surface area contributed by atoms with Crippen LogP contribution >= 0.6 is 0 Å². The van der Waals surface area contributed by atoms with E-state index in [1.807, 2.05) is 6.92 Å². The normalized spacial score (nSPS) is 42.6. The number of rotatable bonds is 0. The van der Waals surface area contributed by atoms with Crippen LogP contribution in [0, 0.1) is 12.5 Å². The molecule has 0 radical (unpaired) electrons. The predicted octanol–water partition coefficient (Wildman–Crippen LogP) is 1.41. The van der Waals surface area contributed by atoms with Crippen molar-refractivity contribution in [3.63, 3.8) is 0 Å². The SMILES string of the molecule is [C-]#[N+][C@@]1(O)CCC[C@@H]1C. The van der Waals surface area contributed by atoms with E-state index in [9.17, 15) is 5.11 Å². The summed E-state index contributed by atoms with van der Waals surface area (Å²) in [6.45, 7) is 8.64. The van der Waals surface area contributed by atoms with Crippen molar-refractivity contribution in [1.29, 1.82) is 0 Å². The lowest BCUT2D eigenvalue weighted by Gasteiger charge is -2.11. The van der Waals surface area contributed by atoms with Gasteiger partial charge in [0.25, 0.3) is 0 Å². The Morgan fingerprint density at radius 2 is 2.44 bits per heavy atom. The zero-order valence-corrected chi connectivity index (χ0v) is 5.59. The molecule has 2 atom stereocenters. The molecule has 1 saturated carbocycles. The van der Waals surface area contributed by atoms with Gasteiger partial charge in [-0.25, -0.2) is 6.57 Å². The van der Waals surface area contributed by atoms with E-state index in [1.54, 1.807) is 0 Å². The van der Waals surface area contributed by atoms with Gasteiger partial charge < -0.3 is 5.11 Å². The van der Waals surface area contributed by atoms with E-state index in [-0.39, 0.29) is 5.92 Å². The average molecular weight is 125 g/mol. The van der Waals surface area contributed by atoms with Gasteiger partial charge in [0.15, 0.2) is 0 Å². The molecule has 0 heterocycles. The van der Waals surface area contributed by atoms with Crippen LogP contribution in [0.25, 0.3) is 4.85 Å². The quantitative estimate of drug-likeness (QED) is 0.486. The molecule has 0 unspecified atom stereocenters. The minimum Gasteiger partial charge on any atom is -0.324 e. The molecule has 50 valence electrons. The van der Waals surface area contributed by atoms with Gasteiger partial charge in [-0.3, -0.25) is 4.85 Å². The molecule has 1 fully saturated rings. The molecule has 1 aliphatic rings. The largest absolute Gasteiger partial charge is 0.337 e. The van der Waals surface area contributed by atoms with Gasteiger partial charge in [-0.2, -0.15) is 0 Å². The van der Waals surface area contributed by atoms with E-state index in [4.69, 9.17) is 6.57 Å². The molecule has 2 nitrogen and oxygen atoms in total. The molecule has 0 amide bonds. The molecule has 0 aliphatic heterocycles. The Bertz CT molecular complexity index is 149. The van der Waals surface area contributed by atoms with Gasteiger partial charge in [-0.05, 0) is 12.8 Å². The third-order valence-corrected chi connectivity index (χ3v) is 2.16. The smallest absolute Gasteiger partial charge is 0.324 e. The van der Waals surface area contributed by atoms with Crippen LogP contribution in [0.2, 0.25) is 0 Å². The summed E-state index contributed by atoms with van der Waals surface area (Å²) < 4.78 is 0. The molecule has 1 N–H and O–H groups in total. The third-order valence-electron chi connectivity index (χ3n) is 2.16. The van der Waals surface area contributed by atoms with Gasteiger partial charge in [0, 0.05) is 0 Å². The van der Waals surface area contributed by atoms with Crippen LogP contribution < -0.4 is 0 Å². The molecular formula is C7H11NO. The summed E-state index contributed by atoms with van der Waals surface area (Å²) in [7, 11) is 0. The molecule has 0 spiro atoms. The van der Waals surface area contributed by atoms with Gasteiger partial charge in [-0.15, -0.1) is 0 Å². The van der Waals surface area contributed by atoms with Gasteiger partial charge in [0.05, 0.1) is 12.3 Å². The summed E-state index contributed by atoms with van der Waals surface area (Å²) in [5.41, 5.74) is -1.01. The lowest BCUT2D eigenvalue weighted by molar-refractivity contribution is 0.0559. The van der Waals surface area contributed by atoms with Gasteiger partial charge in [0.1, 0.15) is 0 Å². The Labute approximate surface area is 55.3 Å². The highest BCUT2D eigenvalue weighted by Gasteiger charge is 2.44. The first-order valence-corrected chi connectivity index (χ1v) is 3.30. The molecule has 0 saturated heterocycles. The second-order valence-electron chi connectivity index (χ2n) is 2.78. The van der Waals surface area contributed by atoms with Gasteiger partial charge in [-0.1, -0.05) is 6.92 Å². The fraction of sp³-hybridized carbons (Fsp3) is 0.857. The lowest BCUT2D eigenvalue weighted by atomic mass is 10.0. The molecule has 1 rings (SSSR count). The van der Waals surface area contributed by atoms with Crippen molar-refractivity contribution in [3.8, 4) is 0 Å². The van der Waals surface area contributed by atoms with E-state index in [0.717, 1.165) is 12.8 Å². The van der Waals surface area contributed by atoms with Crippen LogP contribution in [0.15, 0.2) is 0 Å². The highest BCUT2D eigenvalue weighted by Crippen LogP contribution is 2.35. The Morgan fingerprint density at radius 3 is 2.67 bits per heavy atom. The number of aliphatic hydroxyl groups is 1. The Balaban J connectivity index is 2.70. The molecule has 2 heteroatoms. The lowest BCUT2D eigenvalue weighted by Crippen LogP contribution is -2.26. The highest BCUT2D eigenvalue weighted by atomic mass is 16.3. The zero-order chi connectivity index (χ0) is 6.91. The fourth-order valence-corrected chi connectivity index (χ4v) is 1.31. The van der Waals surface area contributed by atoms with Gasteiger partial charge >= 0.3 is 5.72 Å². The van der Waals surface area contributed by atoms with Crippen LogP contribution in [0.4, 0.5) is 0 Å². The Hall–Kier alpha value is -0.550. The second kappa shape index (κ2) is 2.00. The first-order chi connectivity index (χ1) is 4.19. The van der Waals surface area contributed by atoms with Crippen LogP contribution in [0.3, 0.4) is 0 Å². The summed E-state index contributed by atoms with van der Waals surface area (Å²) in [4.78, 5) is 3.21. The summed E-state index contributed by atoms with van der Waals surface area (Å²) in [6, 6.07) is 0. The van der Waals surface area contributed by atoms with Gasteiger partial charge in [0.2, 0.25) is 0 Å². The zero-order valence-electron chi connectivity index (χ0n) is 5.59. The Morgan fingerprint density at radius 1 is 1.78 bits per heavy atom. The van der Waals surface area contributed by atoms with Crippen molar-refractivity contribution in [2.45, 2.75) is 31.9 Å². The van der Waals surface area contributed by atoms with E-state index in [2.05, 4.69) is 4.85 Å².